The molecule has 1 aromatic rings. The standard InChI is InChI=1S/C16H27N3O/c1-2-3-4-13-5-7-14(8-6-13)16(20)18-10-9-15-11-17-12-19-15/h11-14H,2-10H2,1H3,(H,17,19)(H,18,20). The van der Waals surface area contributed by atoms with Gasteiger partial charge in [-0.05, 0) is 31.6 Å². The molecule has 1 amide bonds. The third kappa shape index (κ3) is 4.66. The number of hydrogen-bond donors (Lipinski definition) is 2. The smallest absolute Gasteiger partial charge is 0.223 e. The molecule has 0 radical (unpaired) electrons. The summed E-state index contributed by atoms with van der Waals surface area (Å²) in [5.41, 5.74) is 1.08. The molecule has 0 saturated heterocycles. The van der Waals surface area contributed by atoms with E-state index < -0.39 is 0 Å². The first-order valence-corrected chi connectivity index (χ1v) is 8.04. The second kappa shape index (κ2) is 8.08. The molecule has 0 spiro atoms. The Balaban J connectivity index is 1.61. The molecule has 0 atom stereocenters. The molecule has 20 heavy (non-hydrogen) atoms. The van der Waals surface area contributed by atoms with Gasteiger partial charge in [0, 0.05) is 30.8 Å². The number of carbonyl (C=O) groups excluding carboxylic acids is 1. The highest BCUT2D eigenvalue weighted by Crippen LogP contribution is 2.31. The van der Waals surface area contributed by atoms with E-state index in [1.165, 1.54) is 32.1 Å². The van der Waals surface area contributed by atoms with E-state index in [0.717, 1.165) is 30.9 Å². The molecule has 2 N–H and O–H groups in total. The third-order valence-corrected chi connectivity index (χ3v) is 4.43. The van der Waals surface area contributed by atoms with Gasteiger partial charge in [-0.1, -0.05) is 26.2 Å². The van der Waals surface area contributed by atoms with Crippen molar-refractivity contribution in [2.24, 2.45) is 11.8 Å². The van der Waals surface area contributed by atoms with Gasteiger partial charge < -0.3 is 10.3 Å². The fraction of sp³-hybridized carbons (Fsp3) is 0.750. The quantitative estimate of drug-likeness (QED) is 0.804. The van der Waals surface area contributed by atoms with Crippen molar-refractivity contribution in [2.75, 3.05) is 6.54 Å². The molecule has 0 aliphatic heterocycles. The van der Waals surface area contributed by atoms with Gasteiger partial charge in [0.15, 0.2) is 0 Å². The Hall–Kier alpha value is -1.32. The SMILES string of the molecule is CCCCC1CCC(C(=O)NCCc2cnc[nH]2)CC1. The summed E-state index contributed by atoms with van der Waals surface area (Å²) in [4.78, 5) is 19.1. The predicted octanol–water partition coefficient (Wildman–Crippen LogP) is 3.07. The van der Waals surface area contributed by atoms with Crippen LogP contribution in [0.1, 0.15) is 57.6 Å². The Morgan fingerprint density at radius 1 is 1.40 bits per heavy atom. The zero-order valence-corrected chi connectivity index (χ0v) is 12.5. The molecule has 1 heterocycles. The van der Waals surface area contributed by atoms with E-state index in [-0.39, 0.29) is 11.8 Å². The summed E-state index contributed by atoms with van der Waals surface area (Å²) < 4.78 is 0. The largest absolute Gasteiger partial charge is 0.355 e. The number of imidazole rings is 1. The van der Waals surface area contributed by atoms with Crippen LogP contribution in [0.5, 0.6) is 0 Å². The molecule has 0 bridgehead atoms. The van der Waals surface area contributed by atoms with E-state index in [0.29, 0.717) is 6.54 Å². The van der Waals surface area contributed by atoms with Crippen molar-refractivity contribution < 1.29 is 4.79 Å². The van der Waals surface area contributed by atoms with Crippen LogP contribution in [-0.2, 0) is 11.2 Å². The van der Waals surface area contributed by atoms with Crippen LogP contribution < -0.4 is 5.32 Å². The summed E-state index contributed by atoms with van der Waals surface area (Å²) in [6.45, 7) is 2.95. The first-order valence-electron chi connectivity index (χ1n) is 8.04. The van der Waals surface area contributed by atoms with Crippen LogP contribution in [0.15, 0.2) is 12.5 Å². The third-order valence-electron chi connectivity index (χ3n) is 4.43. The lowest BCUT2D eigenvalue weighted by molar-refractivity contribution is -0.126. The second-order valence-electron chi connectivity index (χ2n) is 5.98. The van der Waals surface area contributed by atoms with E-state index in [1.807, 2.05) is 6.20 Å². The predicted molar refractivity (Wildman–Crippen MR) is 80.3 cm³/mol. The zero-order chi connectivity index (χ0) is 14.2. The van der Waals surface area contributed by atoms with E-state index in [4.69, 9.17) is 0 Å². The maximum absolute atomic E-state index is 12.1. The minimum Gasteiger partial charge on any atom is -0.355 e. The lowest BCUT2D eigenvalue weighted by Crippen LogP contribution is -2.34. The molecule has 2 rings (SSSR count). The zero-order valence-electron chi connectivity index (χ0n) is 12.5. The molecule has 4 nitrogen and oxygen atoms in total. The van der Waals surface area contributed by atoms with Gasteiger partial charge in [-0.15, -0.1) is 0 Å². The summed E-state index contributed by atoms with van der Waals surface area (Å²) in [5.74, 6) is 1.36. The fourth-order valence-electron chi connectivity index (χ4n) is 3.09. The maximum Gasteiger partial charge on any atom is 0.223 e. The van der Waals surface area contributed by atoms with Gasteiger partial charge in [-0.3, -0.25) is 4.79 Å². The topological polar surface area (TPSA) is 57.8 Å². The van der Waals surface area contributed by atoms with Gasteiger partial charge in [0.1, 0.15) is 0 Å². The van der Waals surface area contributed by atoms with Crippen molar-refractivity contribution >= 4 is 5.91 Å². The number of nitrogens with zero attached hydrogens (tertiary/aromatic N) is 1. The molecule has 1 aromatic heterocycles. The van der Waals surface area contributed by atoms with Gasteiger partial charge in [0.25, 0.3) is 0 Å². The number of hydrogen-bond acceptors (Lipinski definition) is 2. The normalized spacial score (nSPS) is 22.6. The van der Waals surface area contributed by atoms with Crippen molar-refractivity contribution in [3.8, 4) is 0 Å². The number of aromatic amines is 1. The van der Waals surface area contributed by atoms with Crippen molar-refractivity contribution in [3.63, 3.8) is 0 Å². The van der Waals surface area contributed by atoms with E-state index in [1.54, 1.807) is 6.33 Å². The average molecular weight is 277 g/mol. The average Bonchev–Trinajstić information content (AvgIpc) is 2.99. The van der Waals surface area contributed by atoms with Crippen molar-refractivity contribution in [1.29, 1.82) is 0 Å². The highest BCUT2D eigenvalue weighted by atomic mass is 16.1. The van der Waals surface area contributed by atoms with Crippen molar-refractivity contribution in [3.05, 3.63) is 18.2 Å². The van der Waals surface area contributed by atoms with E-state index in [2.05, 4.69) is 22.2 Å². The number of nitrogens with one attached hydrogen (secondary N) is 2. The highest BCUT2D eigenvalue weighted by Gasteiger charge is 2.25. The van der Waals surface area contributed by atoms with Crippen LogP contribution in [0.3, 0.4) is 0 Å². The van der Waals surface area contributed by atoms with Crippen LogP contribution in [0.25, 0.3) is 0 Å². The molecule has 112 valence electrons. The number of unbranched alkanes of at least 4 members (excludes halogenated alkanes) is 1. The fourth-order valence-corrected chi connectivity index (χ4v) is 3.09. The molecule has 1 saturated carbocycles. The lowest BCUT2D eigenvalue weighted by atomic mass is 9.79. The molecule has 1 fully saturated rings. The van der Waals surface area contributed by atoms with Crippen molar-refractivity contribution in [1.82, 2.24) is 15.3 Å². The number of H-pyrrole nitrogens is 1. The van der Waals surface area contributed by atoms with Crippen molar-refractivity contribution in [2.45, 2.75) is 58.3 Å². The second-order valence-corrected chi connectivity index (χ2v) is 5.98. The van der Waals surface area contributed by atoms with E-state index >= 15 is 0 Å². The molecule has 1 aliphatic carbocycles. The summed E-state index contributed by atoms with van der Waals surface area (Å²) in [5, 5.41) is 3.06. The molecular weight excluding hydrogens is 250 g/mol. The Labute approximate surface area is 121 Å². The Morgan fingerprint density at radius 2 is 2.20 bits per heavy atom. The Bertz CT molecular complexity index is 380. The minimum absolute atomic E-state index is 0.245. The number of carbonyl (C=O) groups is 1. The van der Waals surface area contributed by atoms with Gasteiger partial charge >= 0.3 is 0 Å². The van der Waals surface area contributed by atoms with Crippen LogP contribution in [-0.4, -0.2) is 22.4 Å². The highest BCUT2D eigenvalue weighted by molar-refractivity contribution is 5.78. The Kier molecular flexibility index (Phi) is 6.09. The van der Waals surface area contributed by atoms with Gasteiger partial charge in [-0.2, -0.15) is 0 Å². The van der Waals surface area contributed by atoms with Crippen LogP contribution in [0.4, 0.5) is 0 Å². The molecule has 0 unspecified atom stereocenters. The summed E-state index contributed by atoms with van der Waals surface area (Å²) in [6.07, 6.45) is 12.9. The van der Waals surface area contributed by atoms with Crippen LogP contribution in [0, 0.1) is 11.8 Å². The summed E-state index contributed by atoms with van der Waals surface area (Å²) >= 11 is 0. The van der Waals surface area contributed by atoms with Crippen LogP contribution >= 0.6 is 0 Å². The molecular formula is C16H27N3O. The number of rotatable bonds is 7. The summed E-state index contributed by atoms with van der Waals surface area (Å²) in [6, 6.07) is 0. The van der Waals surface area contributed by atoms with Gasteiger partial charge in [0.2, 0.25) is 5.91 Å². The minimum atomic E-state index is 0.245. The van der Waals surface area contributed by atoms with Gasteiger partial charge in [-0.25, -0.2) is 4.98 Å². The monoisotopic (exact) mass is 277 g/mol. The maximum atomic E-state index is 12.1. The first-order chi connectivity index (χ1) is 9.79. The van der Waals surface area contributed by atoms with Gasteiger partial charge in [0.05, 0.1) is 6.33 Å². The molecule has 0 aromatic carbocycles. The molecule has 1 aliphatic rings. The molecule has 4 heteroatoms. The van der Waals surface area contributed by atoms with E-state index in [9.17, 15) is 4.79 Å². The Morgan fingerprint density at radius 3 is 2.85 bits per heavy atom. The number of aromatic nitrogens is 2. The lowest BCUT2D eigenvalue weighted by Gasteiger charge is -2.27. The number of amides is 1. The first kappa shape index (κ1) is 15.1. The van der Waals surface area contributed by atoms with Crippen LogP contribution in [0.2, 0.25) is 0 Å². The summed E-state index contributed by atoms with van der Waals surface area (Å²) in [7, 11) is 0.